The molecule has 5 nitrogen and oxygen atoms in total. The van der Waals surface area contributed by atoms with E-state index in [0.29, 0.717) is 21.6 Å². The Bertz CT molecular complexity index is 786. The van der Waals surface area contributed by atoms with E-state index in [-0.39, 0.29) is 16.9 Å². The number of carbonyl (C=O) groups excluding carboxylic acids is 1. The Kier molecular flexibility index (Phi) is 4.31. The van der Waals surface area contributed by atoms with Crippen molar-refractivity contribution in [3.05, 3.63) is 53.2 Å². The molecule has 0 amide bonds. The average molecular weight is 335 g/mol. The molecule has 112 valence electrons. The summed E-state index contributed by atoms with van der Waals surface area (Å²) in [4.78, 5) is 12.3. The summed E-state index contributed by atoms with van der Waals surface area (Å²) in [6, 6.07) is 10.3. The van der Waals surface area contributed by atoms with Crippen LogP contribution in [0.1, 0.15) is 17.3 Å². The second-order valence-corrected chi connectivity index (χ2v) is 6.21. The van der Waals surface area contributed by atoms with Gasteiger partial charge in [-0.2, -0.15) is 0 Å². The minimum absolute atomic E-state index is 0.0507. The number of aromatic nitrogens is 2. The SMILES string of the molecule is C[C@H](Sc1nnc(-c2ccco2)o1)C(=O)c1cccc(Cl)c1. The summed E-state index contributed by atoms with van der Waals surface area (Å²) in [7, 11) is 0. The van der Waals surface area contributed by atoms with Crippen LogP contribution >= 0.6 is 23.4 Å². The van der Waals surface area contributed by atoms with Crippen LogP contribution in [0, 0.1) is 0 Å². The number of halogens is 1. The number of rotatable bonds is 5. The maximum atomic E-state index is 12.3. The first-order valence-electron chi connectivity index (χ1n) is 6.47. The summed E-state index contributed by atoms with van der Waals surface area (Å²) in [6.07, 6.45) is 1.53. The molecule has 2 aromatic heterocycles. The lowest BCUT2D eigenvalue weighted by Crippen LogP contribution is -2.13. The highest BCUT2D eigenvalue weighted by molar-refractivity contribution is 8.00. The Balaban J connectivity index is 1.71. The fourth-order valence-electron chi connectivity index (χ4n) is 1.84. The molecule has 0 aliphatic carbocycles. The molecule has 2 heterocycles. The van der Waals surface area contributed by atoms with E-state index >= 15 is 0 Å². The van der Waals surface area contributed by atoms with Crippen molar-refractivity contribution in [1.82, 2.24) is 10.2 Å². The topological polar surface area (TPSA) is 69.1 Å². The first-order valence-corrected chi connectivity index (χ1v) is 7.73. The van der Waals surface area contributed by atoms with Crippen LogP contribution in [-0.4, -0.2) is 21.2 Å². The molecule has 0 fully saturated rings. The smallest absolute Gasteiger partial charge is 0.284 e. The van der Waals surface area contributed by atoms with Gasteiger partial charge in [-0.1, -0.05) is 35.5 Å². The zero-order valence-corrected chi connectivity index (χ0v) is 13.1. The van der Waals surface area contributed by atoms with Gasteiger partial charge >= 0.3 is 0 Å². The van der Waals surface area contributed by atoms with Crippen molar-refractivity contribution in [2.75, 3.05) is 0 Å². The second kappa shape index (κ2) is 6.37. The number of Topliss-reactive ketones (excluding diaryl/α,β-unsaturated/α-hetero) is 1. The van der Waals surface area contributed by atoms with E-state index in [4.69, 9.17) is 20.4 Å². The molecular weight excluding hydrogens is 324 g/mol. The monoisotopic (exact) mass is 334 g/mol. The summed E-state index contributed by atoms with van der Waals surface area (Å²) in [5.41, 5.74) is 0.554. The van der Waals surface area contributed by atoms with Crippen LogP contribution < -0.4 is 0 Å². The van der Waals surface area contributed by atoms with Crippen LogP contribution in [0.5, 0.6) is 0 Å². The van der Waals surface area contributed by atoms with Crippen molar-refractivity contribution in [1.29, 1.82) is 0 Å². The maximum Gasteiger partial charge on any atom is 0.284 e. The maximum absolute atomic E-state index is 12.3. The molecule has 3 rings (SSSR count). The van der Waals surface area contributed by atoms with Gasteiger partial charge in [0.05, 0.1) is 11.5 Å². The van der Waals surface area contributed by atoms with Crippen LogP contribution in [-0.2, 0) is 0 Å². The molecule has 0 spiro atoms. The molecule has 0 aliphatic heterocycles. The van der Waals surface area contributed by atoms with Gasteiger partial charge < -0.3 is 8.83 Å². The highest BCUT2D eigenvalue weighted by Crippen LogP contribution is 2.28. The molecule has 0 unspecified atom stereocenters. The van der Waals surface area contributed by atoms with Gasteiger partial charge in [0.1, 0.15) is 0 Å². The van der Waals surface area contributed by atoms with Gasteiger partial charge in [0.2, 0.25) is 0 Å². The molecule has 0 saturated heterocycles. The number of carbonyl (C=O) groups is 1. The summed E-state index contributed by atoms with van der Waals surface area (Å²) in [5, 5.41) is 8.28. The number of benzene rings is 1. The molecule has 1 aromatic carbocycles. The summed E-state index contributed by atoms with van der Waals surface area (Å²) in [6.45, 7) is 1.78. The number of ketones is 1. The minimum atomic E-state index is -0.372. The first-order chi connectivity index (χ1) is 10.6. The molecule has 7 heteroatoms. The highest BCUT2D eigenvalue weighted by Gasteiger charge is 2.20. The highest BCUT2D eigenvalue weighted by atomic mass is 35.5. The number of furan rings is 1. The van der Waals surface area contributed by atoms with E-state index in [1.165, 1.54) is 18.0 Å². The fraction of sp³-hybridized carbons (Fsp3) is 0.133. The molecule has 0 N–H and O–H groups in total. The van der Waals surface area contributed by atoms with Crippen LogP contribution in [0.4, 0.5) is 0 Å². The van der Waals surface area contributed by atoms with E-state index in [2.05, 4.69) is 10.2 Å². The molecule has 22 heavy (non-hydrogen) atoms. The minimum Gasteiger partial charge on any atom is -0.459 e. The number of hydrogen-bond acceptors (Lipinski definition) is 6. The van der Waals surface area contributed by atoms with Crippen molar-refractivity contribution in [2.45, 2.75) is 17.4 Å². The standard InChI is InChI=1S/C15H11ClN2O3S/c1-9(13(19)10-4-2-5-11(16)8-10)22-15-18-17-14(21-15)12-6-3-7-20-12/h2-9H,1H3/t9-/m0/s1. The van der Waals surface area contributed by atoms with E-state index < -0.39 is 0 Å². The molecule has 0 radical (unpaired) electrons. The summed E-state index contributed by atoms with van der Waals surface area (Å²) >= 11 is 7.10. The Morgan fingerprint density at radius 1 is 1.27 bits per heavy atom. The van der Waals surface area contributed by atoms with Crippen molar-refractivity contribution in [3.63, 3.8) is 0 Å². The van der Waals surface area contributed by atoms with Gasteiger partial charge in [-0.25, -0.2) is 0 Å². The first kappa shape index (κ1) is 14.9. The zero-order valence-electron chi connectivity index (χ0n) is 11.5. The Morgan fingerprint density at radius 3 is 2.86 bits per heavy atom. The summed E-state index contributed by atoms with van der Waals surface area (Å²) in [5.74, 6) is 0.730. The molecule has 0 bridgehead atoms. The Morgan fingerprint density at radius 2 is 2.14 bits per heavy atom. The van der Waals surface area contributed by atoms with Gasteiger partial charge in [0, 0.05) is 10.6 Å². The second-order valence-electron chi connectivity index (χ2n) is 4.49. The predicted molar refractivity (Wildman–Crippen MR) is 83.1 cm³/mol. The van der Waals surface area contributed by atoms with Crippen molar-refractivity contribution < 1.29 is 13.6 Å². The van der Waals surface area contributed by atoms with E-state index in [0.717, 1.165) is 0 Å². The van der Waals surface area contributed by atoms with Gasteiger partial charge in [-0.15, -0.1) is 10.2 Å². The van der Waals surface area contributed by atoms with E-state index in [9.17, 15) is 4.79 Å². The van der Waals surface area contributed by atoms with Gasteiger partial charge in [0.15, 0.2) is 11.5 Å². The molecule has 0 saturated carbocycles. The normalized spacial score (nSPS) is 12.3. The summed E-state index contributed by atoms with van der Waals surface area (Å²) < 4.78 is 10.7. The molecular formula is C15H11ClN2O3S. The lowest BCUT2D eigenvalue weighted by molar-refractivity contribution is 0.0993. The van der Waals surface area contributed by atoms with Crippen molar-refractivity contribution in [3.8, 4) is 11.7 Å². The quantitative estimate of drug-likeness (QED) is 0.510. The molecule has 3 aromatic rings. The fourth-order valence-corrected chi connectivity index (χ4v) is 2.79. The predicted octanol–water partition coefficient (Wildman–Crippen LogP) is 4.35. The van der Waals surface area contributed by atoms with Gasteiger partial charge in [-0.3, -0.25) is 4.79 Å². The van der Waals surface area contributed by atoms with Crippen LogP contribution in [0.25, 0.3) is 11.7 Å². The Labute approximate surface area is 135 Å². The van der Waals surface area contributed by atoms with E-state index in [1.807, 2.05) is 0 Å². The average Bonchev–Trinajstić information content (AvgIpc) is 3.17. The van der Waals surface area contributed by atoms with Crippen LogP contribution in [0.15, 0.2) is 56.7 Å². The third-order valence-corrected chi connectivity index (χ3v) is 4.06. The van der Waals surface area contributed by atoms with Gasteiger partial charge in [-0.05, 0) is 31.2 Å². The molecule has 0 aliphatic rings. The number of hydrogen-bond donors (Lipinski definition) is 0. The molecule has 1 atom stereocenters. The Hall–Kier alpha value is -2.05. The lowest BCUT2D eigenvalue weighted by atomic mass is 10.1. The van der Waals surface area contributed by atoms with E-state index in [1.54, 1.807) is 43.3 Å². The largest absolute Gasteiger partial charge is 0.459 e. The lowest BCUT2D eigenvalue weighted by Gasteiger charge is -2.07. The van der Waals surface area contributed by atoms with Gasteiger partial charge in [0.25, 0.3) is 11.1 Å². The van der Waals surface area contributed by atoms with Crippen molar-refractivity contribution in [2.24, 2.45) is 0 Å². The van der Waals surface area contributed by atoms with Crippen LogP contribution in [0.3, 0.4) is 0 Å². The van der Waals surface area contributed by atoms with Crippen LogP contribution in [0.2, 0.25) is 5.02 Å². The number of thioether (sulfide) groups is 1. The third-order valence-electron chi connectivity index (χ3n) is 2.89. The zero-order chi connectivity index (χ0) is 15.5. The number of nitrogens with zero attached hydrogens (tertiary/aromatic N) is 2. The third kappa shape index (κ3) is 3.23. The van der Waals surface area contributed by atoms with Crippen molar-refractivity contribution >= 4 is 29.1 Å².